The van der Waals surface area contributed by atoms with Gasteiger partial charge >= 0.3 is 17.9 Å². The number of carbonyl (C=O) groups is 3. The third kappa shape index (κ3) is 5.74. The molecule has 0 unspecified atom stereocenters. The molecule has 0 saturated carbocycles. The number of nitrogens with zero attached hydrogens (tertiary/aromatic N) is 2. The summed E-state index contributed by atoms with van der Waals surface area (Å²) in [7, 11) is 0. The summed E-state index contributed by atoms with van der Waals surface area (Å²) in [5.74, 6) is -3.13. The fourth-order valence-electron chi connectivity index (χ4n) is 3.68. The monoisotopic (exact) mass is 613 g/mol. The molecule has 0 aliphatic carbocycles. The zero-order valence-electron chi connectivity index (χ0n) is 19.8. The maximum absolute atomic E-state index is 13.4. The highest BCUT2D eigenvalue weighted by atomic mass is 35.5. The summed E-state index contributed by atoms with van der Waals surface area (Å²) in [6.45, 7) is 1.60. The summed E-state index contributed by atoms with van der Waals surface area (Å²) < 4.78 is 44.9. The first-order valence-corrected chi connectivity index (χ1v) is 12.0. The standard InChI is InChI=1S/C25H13Cl3F3N3O6/c1-11-2-4-14(26)10-18(11)33-23(36)16(22(35)32-24(33)37)7-12-6-15(27)9-17(28)21(12)40-20-5-3-13(25(29,30)31)8-19(20)34(38)39/h2-10H,1H3,(H,32,35,37)/b16-7+. The van der Waals surface area contributed by atoms with Gasteiger partial charge in [-0.15, -0.1) is 0 Å². The Morgan fingerprint density at radius 2 is 1.70 bits per heavy atom. The van der Waals surface area contributed by atoms with Crippen molar-refractivity contribution in [2.75, 3.05) is 4.90 Å². The van der Waals surface area contributed by atoms with E-state index in [0.29, 0.717) is 16.5 Å². The molecule has 0 bridgehead atoms. The molecule has 1 N–H and O–H groups in total. The topological polar surface area (TPSA) is 119 Å². The first-order valence-electron chi connectivity index (χ1n) is 10.9. The summed E-state index contributed by atoms with van der Waals surface area (Å²) in [6.07, 6.45) is -3.89. The smallest absolute Gasteiger partial charge is 0.416 e. The van der Waals surface area contributed by atoms with Crippen LogP contribution >= 0.6 is 34.8 Å². The van der Waals surface area contributed by atoms with Crippen molar-refractivity contribution in [3.63, 3.8) is 0 Å². The molecule has 206 valence electrons. The second kappa shape index (κ2) is 10.8. The van der Waals surface area contributed by atoms with E-state index in [1.807, 2.05) is 5.32 Å². The predicted octanol–water partition coefficient (Wildman–Crippen LogP) is 7.34. The van der Waals surface area contributed by atoms with E-state index in [2.05, 4.69) is 0 Å². The van der Waals surface area contributed by atoms with Crippen LogP contribution in [-0.2, 0) is 15.8 Å². The van der Waals surface area contributed by atoms with Crippen molar-refractivity contribution in [1.29, 1.82) is 0 Å². The predicted molar refractivity (Wildman–Crippen MR) is 140 cm³/mol. The summed E-state index contributed by atoms with van der Waals surface area (Å²) in [4.78, 5) is 49.7. The van der Waals surface area contributed by atoms with E-state index in [4.69, 9.17) is 39.5 Å². The number of nitro benzene ring substituents is 1. The van der Waals surface area contributed by atoms with Gasteiger partial charge in [-0.25, -0.2) is 9.69 Å². The van der Waals surface area contributed by atoms with E-state index in [0.717, 1.165) is 12.1 Å². The van der Waals surface area contributed by atoms with Gasteiger partial charge in [-0.2, -0.15) is 13.2 Å². The van der Waals surface area contributed by atoms with E-state index in [-0.39, 0.29) is 38.1 Å². The maximum atomic E-state index is 13.4. The number of barbiturate groups is 1. The van der Waals surface area contributed by atoms with Gasteiger partial charge in [-0.3, -0.25) is 25.0 Å². The van der Waals surface area contributed by atoms with Crippen molar-refractivity contribution in [3.05, 3.63) is 96.0 Å². The van der Waals surface area contributed by atoms with Crippen molar-refractivity contribution >= 4 is 70.1 Å². The normalized spacial score (nSPS) is 14.9. The SMILES string of the molecule is Cc1ccc(Cl)cc1N1C(=O)NC(=O)/C(=C\c2cc(Cl)cc(Cl)c2Oc2ccc(C(F)(F)F)cc2[N+](=O)[O-])C1=O. The van der Waals surface area contributed by atoms with Crippen molar-refractivity contribution < 1.29 is 37.2 Å². The van der Waals surface area contributed by atoms with Crippen LogP contribution in [0.5, 0.6) is 11.5 Å². The number of imide groups is 2. The van der Waals surface area contributed by atoms with E-state index >= 15 is 0 Å². The number of nitro groups is 1. The minimum absolute atomic E-state index is 0.00611. The van der Waals surface area contributed by atoms with Gasteiger partial charge in [-0.1, -0.05) is 40.9 Å². The van der Waals surface area contributed by atoms with Crippen LogP contribution in [0.1, 0.15) is 16.7 Å². The molecule has 1 saturated heterocycles. The third-order valence-corrected chi connectivity index (χ3v) is 6.28. The lowest BCUT2D eigenvalue weighted by Gasteiger charge is -2.27. The summed E-state index contributed by atoms with van der Waals surface area (Å²) in [5, 5.41) is 13.5. The molecular formula is C25H13Cl3F3N3O6. The van der Waals surface area contributed by atoms with E-state index in [9.17, 15) is 37.7 Å². The number of hydrogen-bond acceptors (Lipinski definition) is 6. The third-order valence-electron chi connectivity index (χ3n) is 5.55. The largest absolute Gasteiger partial charge is 0.448 e. The molecule has 4 amide bonds. The molecular weight excluding hydrogens is 602 g/mol. The summed E-state index contributed by atoms with van der Waals surface area (Å²) in [5.41, 5.74) is -2.48. The first kappa shape index (κ1) is 28.9. The Balaban J connectivity index is 1.83. The molecule has 15 heteroatoms. The Bertz CT molecular complexity index is 1640. The van der Waals surface area contributed by atoms with Crippen LogP contribution in [0, 0.1) is 17.0 Å². The number of urea groups is 1. The van der Waals surface area contributed by atoms with Crippen molar-refractivity contribution in [2.24, 2.45) is 0 Å². The fraction of sp³-hybridized carbons (Fsp3) is 0.0800. The van der Waals surface area contributed by atoms with E-state index in [1.165, 1.54) is 24.3 Å². The molecule has 0 aromatic heterocycles. The Kier molecular flexibility index (Phi) is 7.79. The minimum atomic E-state index is -4.86. The molecule has 1 aliphatic rings. The number of hydrogen-bond donors (Lipinski definition) is 1. The van der Waals surface area contributed by atoms with Crippen LogP contribution in [0.25, 0.3) is 6.08 Å². The van der Waals surface area contributed by atoms with E-state index in [1.54, 1.807) is 13.0 Å². The number of rotatable bonds is 5. The Labute approximate surface area is 237 Å². The molecule has 0 spiro atoms. The highest BCUT2D eigenvalue weighted by Gasteiger charge is 2.38. The van der Waals surface area contributed by atoms with Crippen LogP contribution < -0.4 is 15.0 Å². The van der Waals surface area contributed by atoms with Crippen molar-refractivity contribution in [3.8, 4) is 11.5 Å². The van der Waals surface area contributed by atoms with Crippen LogP contribution in [-0.4, -0.2) is 22.8 Å². The lowest BCUT2D eigenvalue weighted by atomic mass is 10.0. The molecule has 3 aromatic carbocycles. The van der Waals surface area contributed by atoms with Gasteiger partial charge in [-0.05, 0) is 55.0 Å². The fourth-order valence-corrected chi connectivity index (χ4v) is 4.40. The average Bonchev–Trinajstić information content (AvgIpc) is 2.85. The van der Waals surface area contributed by atoms with Crippen LogP contribution in [0.3, 0.4) is 0 Å². The highest BCUT2D eigenvalue weighted by molar-refractivity contribution is 6.40. The Hall–Kier alpha value is -4.13. The second-order valence-corrected chi connectivity index (χ2v) is 9.51. The number of halogens is 6. The number of carbonyl (C=O) groups excluding carboxylic acids is 3. The van der Waals surface area contributed by atoms with Gasteiger partial charge in [0.05, 0.1) is 21.2 Å². The molecule has 40 heavy (non-hydrogen) atoms. The Morgan fingerprint density at radius 1 is 1.00 bits per heavy atom. The van der Waals surface area contributed by atoms with Gasteiger partial charge in [0.2, 0.25) is 5.75 Å². The number of amides is 4. The number of alkyl halides is 3. The summed E-state index contributed by atoms with van der Waals surface area (Å²) in [6, 6.07) is 7.33. The Morgan fingerprint density at radius 3 is 2.35 bits per heavy atom. The quantitative estimate of drug-likeness (QED) is 0.139. The van der Waals surface area contributed by atoms with Crippen LogP contribution in [0.2, 0.25) is 15.1 Å². The maximum Gasteiger partial charge on any atom is 0.416 e. The van der Waals surface area contributed by atoms with Gasteiger partial charge in [0.25, 0.3) is 11.8 Å². The molecule has 4 rings (SSSR count). The van der Waals surface area contributed by atoms with Gasteiger partial charge < -0.3 is 4.74 Å². The van der Waals surface area contributed by atoms with Gasteiger partial charge in [0.15, 0.2) is 5.75 Å². The van der Waals surface area contributed by atoms with Crippen LogP contribution in [0.4, 0.5) is 29.3 Å². The van der Waals surface area contributed by atoms with E-state index < -0.39 is 51.5 Å². The molecule has 1 aliphatic heterocycles. The molecule has 9 nitrogen and oxygen atoms in total. The first-order chi connectivity index (χ1) is 18.7. The van der Waals surface area contributed by atoms with Crippen LogP contribution in [0.15, 0.2) is 54.1 Å². The van der Waals surface area contributed by atoms with Crippen molar-refractivity contribution in [1.82, 2.24) is 5.32 Å². The number of anilines is 1. The van der Waals surface area contributed by atoms with Crippen molar-refractivity contribution in [2.45, 2.75) is 13.1 Å². The molecule has 0 radical (unpaired) electrons. The molecule has 1 fully saturated rings. The number of ether oxygens (including phenoxy) is 1. The number of aryl methyl sites for hydroxylation is 1. The van der Waals surface area contributed by atoms with Gasteiger partial charge in [0, 0.05) is 21.7 Å². The van der Waals surface area contributed by atoms with Gasteiger partial charge in [0.1, 0.15) is 5.57 Å². The zero-order chi connectivity index (χ0) is 29.5. The lowest BCUT2D eigenvalue weighted by Crippen LogP contribution is -2.54. The zero-order valence-corrected chi connectivity index (χ0v) is 22.1. The molecule has 0 atom stereocenters. The average molecular weight is 615 g/mol. The minimum Gasteiger partial charge on any atom is -0.448 e. The number of benzene rings is 3. The molecule has 3 aromatic rings. The number of nitrogens with one attached hydrogen (secondary N) is 1. The molecule has 1 heterocycles. The second-order valence-electron chi connectivity index (χ2n) is 8.23. The summed E-state index contributed by atoms with van der Waals surface area (Å²) >= 11 is 18.4. The highest BCUT2D eigenvalue weighted by Crippen LogP contribution is 2.42. The lowest BCUT2D eigenvalue weighted by molar-refractivity contribution is -0.385.